The molecule has 0 saturated carbocycles. The number of aromatic nitrogens is 3. The van der Waals surface area contributed by atoms with E-state index in [-0.39, 0.29) is 11.7 Å². The van der Waals surface area contributed by atoms with Gasteiger partial charge in [0.05, 0.1) is 30.3 Å². The van der Waals surface area contributed by atoms with Gasteiger partial charge in [-0.15, -0.1) is 11.3 Å². The lowest BCUT2D eigenvalue weighted by Gasteiger charge is -2.32. The molecule has 1 aliphatic heterocycles. The van der Waals surface area contributed by atoms with Crippen LogP contribution in [0.1, 0.15) is 29.5 Å². The van der Waals surface area contributed by atoms with Gasteiger partial charge in [-0.3, -0.25) is 9.78 Å². The van der Waals surface area contributed by atoms with E-state index in [4.69, 9.17) is 0 Å². The van der Waals surface area contributed by atoms with Gasteiger partial charge in [-0.25, -0.2) is 9.97 Å². The molecule has 2 aromatic heterocycles. The van der Waals surface area contributed by atoms with Gasteiger partial charge in [-0.05, 0) is 19.8 Å². The molecular weight excluding hydrogens is 344 g/mol. The van der Waals surface area contributed by atoms with Gasteiger partial charge < -0.3 is 9.64 Å². The van der Waals surface area contributed by atoms with E-state index < -0.39 is 0 Å². The zero-order valence-electron chi connectivity index (χ0n) is 13.8. The second-order valence-corrected chi connectivity index (χ2v) is 7.58. The van der Waals surface area contributed by atoms with Crippen molar-refractivity contribution in [1.82, 2.24) is 15.0 Å². The van der Waals surface area contributed by atoms with Gasteiger partial charge in [0.25, 0.3) is 0 Å². The fourth-order valence-corrected chi connectivity index (χ4v) is 4.30. The summed E-state index contributed by atoms with van der Waals surface area (Å²) in [6.45, 7) is 3.92. The first-order chi connectivity index (χ1) is 11.7. The number of nitrogens with zero attached hydrogens (tertiary/aromatic N) is 4. The average Bonchev–Trinajstić information content (AvgIpc) is 3.06. The summed E-state index contributed by atoms with van der Waals surface area (Å²) in [5.74, 6) is 1.30. The van der Waals surface area contributed by atoms with Crippen molar-refractivity contribution in [3.05, 3.63) is 28.5 Å². The first-order valence-corrected chi connectivity index (χ1v) is 9.71. The number of piperidine rings is 1. The van der Waals surface area contributed by atoms with Crippen LogP contribution in [0.2, 0.25) is 0 Å². The molecule has 3 heterocycles. The monoisotopic (exact) mass is 364 g/mol. The van der Waals surface area contributed by atoms with E-state index in [0.717, 1.165) is 42.5 Å². The summed E-state index contributed by atoms with van der Waals surface area (Å²) < 4.78 is 4.66. The first kappa shape index (κ1) is 17.2. The normalized spacial score (nSPS) is 17.8. The highest BCUT2D eigenvalue weighted by atomic mass is 32.2. The number of rotatable bonds is 5. The summed E-state index contributed by atoms with van der Waals surface area (Å²) >= 11 is 3.09. The number of thiazole rings is 1. The van der Waals surface area contributed by atoms with Crippen LogP contribution in [0.3, 0.4) is 0 Å². The number of hydrogen-bond acceptors (Lipinski definition) is 8. The maximum atomic E-state index is 11.3. The Kier molecular flexibility index (Phi) is 5.68. The number of aryl methyl sites for hydroxylation is 1. The third-order valence-electron chi connectivity index (χ3n) is 3.90. The van der Waals surface area contributed by atoms with E-state index in [0.29, 0.717) is 5.92 Å². The number of methoxy groups -OCH3 is 1. The van der Waals surface area contributed by atoms with Crippen molar-refractivity contribution in [3.8, 4) is 0 Å². The van der Waals surface area contributed by atoms with Crippen LogP contribution in [0.25, 0.3) is 0 Å². The Labute approximate surface area is 149 Å². The molecule has 6 nitrogen and oxygen atoms in total. The molecule has 1 fully saturated rings. The van der Waals surface area contributed by atoms with Crippen LogP contribution in [-0.2, 0) is 9.53 Å². The summed E-state index contributed by atoms with van der Waals surface area (Å²) in [5, 5.41) is 4.06. The summed E-state index contributed by atoms with van der Waals surface area (Å²) in [5.41, 5.74) is 1.09. The maximum absolute atomic E-state index is 11.3. The van der Waals surface area contributed by atoms with Crippen molar-refractivity contribution >= 4 is 34.9 Å². The number of esters is 1. The van der Waals surface area contributed by atoms with Gasteiger partial charge >= 0.3 is 5.97 Å². The van der Waals surface area contributed by atoms with Crippen molar-refractivity contribution in [1.29, 1.82) is 0 Å². The average molecular weight is 364 g/mol. The maximum Gasteiger partial charge on any atom is 0.316 e. The minimum atomic E-state index is -0.260. The SMILES string of the molecule is COC(=O)CSc1cncc(N2CCCC(c3nc(C)cs3)C2)n1. The molecule has 1 saturated heterocycles. The van der Waals surface area contributed by atoms with Gasteiger partial charge in [-0.1, -0.05) is 11.8 Å². The van der Waals surface area contributed by atoms with E-state index >= 15 is 0 Å². The number of carbonyl (C=O) groups is 1. The highest BCUT2D eigenvalue weighted by Gasteiger charge is 2.24. The zero-order valence-corrected chi connectivity index (χ0v) is 15.4. The van der Waals surface area contributed by atoms with Crippen molar-refractivity contribution in [2.24, 2.45) is 0 Å². The van der Waals surface area contributed by atoms with E-state index in [1.807, 2.05) is 6.92 Å². The first-order valence-electron chi connectivity index (χ1n) is 7.84. The molecule has 2 aromatic rings. The summed E-state index contributed by atoms with van der Waals surface area (Å²) in [7, 11) is 1.39. The van der Waals surface area contributed by atoms with E-state index in [1.165, 1.54) is 23.9 Å². The zero-order chi connectivity index (χ0) is 16.9. The molecule has 0 aromatic carbocycles. The molecule has 8 heteroatoms. The third kappa shape index (κ3) is 4.24. The number of ether oxygens (including phenoxy) is 1. The Hall–Kier alpha value is -1.67. The molecule has 0 radical (unpaired) electrons. The van der Waals surface area contributed by atoms with Crippen LogP contribution >= 0.6 is 23.1 Å². The minimum absolute atomic E-state index is 0.246. The van der Waals surface area contributed by atoms with E-state index in [1.54, 1.807) is 23.7 Å². The summed E-state index contributed by atoms with van der Waals surface area (Å²) in [6, 6.07) is 0. The quantitative estimate of drug-likeness (QED) is 0.597. The van der Waals surface area contributed by atoms with Crippen LogP contribution in [0.15, 0.2) is 22.8 Å². The van der Waals surface area contributed by atoms with Gasteiger partial charge in [0.2, 0.25) is 0 Å². The van der Waals surface area contributed by atoms with Crippen LogP contribution in [0.5, 0.6) is 0 Å². The summed E-state index contributed by atoms with van der Waals surface area (Å²) in [6.07, 6.45) is 5.75. The molecule has 0 amide bonds. The van der Waals surface area contributed by atoms with Crippen LogP contribution < -0.4 is 4.90 Å². The highest BCUT2D eigenvalue weighted by Crippen LogP contribution is 2.31. The fourth-order valence-electron chi connectivity index (χ4n) is 2.70. The Balaban J connectivity index is 1.68. The van der Waals surface area contributed by atoms with Gasteiger partial charge in [-0.2, -0.15) is 0 Å². The number of hydrogen-bond donors (Lipinski definition) is 0. The molecular formula is C16H20N4O2S2. The molecule has 1 unspecified atom stereocenters. The molecule has 0 bridgehead atoms. The predicted octanol–water partition coefficient (Wildman–Crippen LogP) is 2.89. The molecule has 3 rings (SSSR count). The smallest absolute Gasteiger partial charge is 0.316 e. The van der Waals surface area contributed by atoms with Gasteiger partial charge in [0.15, 0.2) is 0 Å². The largest absolute Gasteiger partial charge is 0.468 e. The Morgan fingerprint density at radius 3 is 3.08 bits per heavy atom. The summed E-state index contributed by atoms with van der Waals surface area (Å²) in [4.78, 5) is 27.1. The number of thioether (sulfide) groups is 1. The van der Waals surface area contributed by atoms with E-state index in [9.17, 15) is 4.79 Å². The van der Waals surface area contributed by atoms with Crippen molar-refractivity contribution < 1.29 is 9.53 Å². The third-order valence-corrected chi connectivity index (χ3v) is 5.89. The van der Waals surface area contributed by atoms with Crippen molar-refractivity contribution in [2.75, 3.05) is 30.9 Å². The Morgan fingerprint density at radius 2 is 2.33 bits per heavy atom. The van der Waals surface area contributed by atoms with Crippen LogP contribution in [-0.4, -0.2) is 46.9 Å². The molecule has 0 N–H and O–H groups in total. The Morgan fingerprint density at radius 1 is 1.46 bits per heavy atom. The van der Waals surface area contributed by atoms with Crippen molar-refractivity contribution in [3.63, 3.8) is 0 Å². The topological polar surface area (TPSA) is 68.2 Å². The molecule has 1 atom stereocenters. The fraction of sp³-hybridized carbons (Fsp3) is 0.500. The standard InChI is InChI=1S/C16H20N4O2S2/c1-11-9-24-16(18-11)12-4-3-5-20(8-12)13-6-17-7-14(19-13)23-10-15(21)22-2/h6-7,9,12H,3-5,8,10H2,1-2H3. The van der Waals surface area contributed by atoms with Crippen molar-refractivity contribution in [2.45, 2.75) is 30.7 Å². The minimum Gasteiger partial charge on any atom is -0.468 e. The van der Waals surface area contributed by atoms with Gasteiger partial charge in [0, 0.05) is 30.1 Å². The lowest BCUT2D eigenvalue weighted by Crippen LogP contribution is -2.35. The van der Waals surface area contributed by atoms with Gasteiger partial charge in [0.1, 0.15) is 10.8 Å². The lowest BCUT2D eigenvalue weighted by atomic mass is 9.99. The molecule has 128 valence electrons. The lowest BCUT2D eigenvalue weighted by molar-refractivity contribution is -0.137. The predicted molar refractivity (Wildman–Crippen MR) is 95.8 cm³/mol. The second-order valence-electron chi connectivity index (χ2n) is 5.69. The molecule has 24 heavy (non-hydrogen) atoms. The highest BCUT2D eigenvalue weighted by molar-refractivity contribution is 7.99. The second kappa shape index (κ2) is 7.94. The molecule has 0 aliphatic carbocycles. The van der Waals surface area contributed by atoms with E-state index in [2.05, 4.69) is 30.0 Å². The number of carbonyl (C=O) groups excluding carboxylic acids is 1. The molecule has 1 aliphatic rings. The Bertz CT molecular complexity index is 707. The molecule has 0 spiro atoms. The van der Waals surface area contributed by atoms with Crippen LogP contribution in [0.4, 0.5) is 5.82 Å². The van der Waals surface area contributed by atoms with Crippen LogP contribution in [0, 0.1) is 6.92 Å². The number of anilines is 1.